The second-order valence-corrected chi connectivity index (χ2v) is 7.73. The quantitative estimate of drug-likeness (QED) is 0.339. The highest BCUT2D eigenvalue weighted by atomic mass is 16.5. The fourth-order valence-electron chi connectivity index (χ4n) is 3.66. The molecule has 0 fully saturated rings. The molecule has 5 rings (SSSR count). The third kappa shape index (κ3) is 4.52. The number of fused-ring (bicyclic) bond motifs is 1. The van der Waals surface area contributed by atoms with Crippen molar-refractivity contribution < 1.29 is 9.47 Å². The molecule has 0 aliphatic heterocycles. The Morgan fingerprint density at radius 3 is 2.56 bits per heavy atom. The molecule has 0 saturated heterocycles. The maximum atomic E-state index is 6.06. The van der Waals surface area contributed by atoms with E-state index in [9.17, 15) is 0 Å². The van der Waals surface area contributed by atoms with Gasteiger partial charge in [-0.15, -0.1) is 0 Å². The number of nitrogens with one attached hydrogen (secondary N) is 1. The second kappa shape index (κ2) is 9.58. The van der Waals surface area contributed by atoms with Crippen molar-refractivity contribution in [3.63, 3.8) is 0 Å². The van der Waals surface area contributed by atoms with Crippen LogP contribution in [0.2, 0.25) is 0 Å². The Bertz CT molecular complexity index is 1400. The molecule has 0 spiro atoms. The van der Waals surface area contributed by atoms with Gasteiger partial charge in [0.1, 0.15) is 18.0 Å². The Kier molecular flexibility index (Phi) is 6.03. The van der Waals surface area contributed by atoms with E-state index in [2.05, 4.69) is 31.8 Å². The molecule has 0 radical (unpaired) electrons. The van der Waals surface area contributed by atoms with Gasteiger partial charge in [-0.05, 0) is 30.2 Å². The fourth-order valence-corrected chi connectivity index (χ4v) is 3.66. The summed E-state index contributed by atoms with van der Waals surface area (Å²) in [6.45, 7) is 3.02. The lowest BCUT2D eigenvalue weighted by Crippen LogP contribution is -2.01. The lowest BCUT2D eigenvalue weighted by molar-refractivity contribution is 0.287. The van der Waals surface area contributed by atoms with Crippen LogP contribution in [-0.4, -0.2) is 31.5 Å². The van der Waals surface area contributed by atoms with Gasteiger partial charge in [0.2, 0.25) is 11.8 Å². The van der Waals surface area contributed by atoms with Crippen LogP contribution in [0.25, 0.3) is 33.5 Å². The number of pyridine rings is 2. The van der Waals surface area contributed by atoms with Crippen molar-refractivity contribution in [1.29, 1.82) is 0 Å². The molecule has 0 bridgehead atoms. The standard InChI is InChI=1S/C26H24N6O2/c1-2-13-33-22-14-23(32-25-24(22)19(15-30-25)21-10-12-29-26(27)31-21)34-16-17-6-8-18(9-7-17)20-5-3-4-11-28-20/h3-12,14-15H,2,13,16H2,1H3,(H,30,32)(H2,27,29,31). The number of aromatic amines is 1. The molecule has 0 aliphatic rings. The smallest absolute Gasteiger partial charge is 0.220 e. The molecule has 170 valence electrons. The van der Waals surface area contributed by atoms with Crippen molar-refractivity contribution in [1.82, 2.24) is 24.9 Å². The third-order valence-corrected chi connectivity index (χ3v) is 5.30. The summed E-state index contributed by atoms with van der Waals surface area (Å²) in [4.78, 5) is 20.6. The fraction of sp³-hybridized carbons (Fsp3) is 0.154. The summed E-state index contributed by atoms with van der Waals surface area (Å²) in [5.41, 5.74) is 11.0. The highest BCUT2D eigenvalue weighted by molar-refractivity contribution is 5.97. The van der Waals surface area contributed by atoms with Crippen molar-refractivity contribution in [2.45, 2.75) is 20.0 Å². The van der Waals surface area contributed by atoms with Crippen LogP contribution in [0.5, 0.6) is 11.6 Å². The molecule has 0 atom stereocenters. The second-order valence-electron chi connectivity index (χ2n) is 7.73. The SMILES string of the molecule is CCCOc1cc(OCc2ccc(-c3ccccn3)cc2)nc2[nH]cc(-c3ccnc(N)n3)c12. The topological polar surface area (TPSA) is 112 Å². The van der Waals surface area contributed by atoms with Gasteiger partial charge in [0.05, 0.1) is 23.4 Å². The van der Waals surface area contributed by atoms with Crippen molar-refractivity contribution in [3.05, 3.63) is 78.8 Å². The van der Waals surface area contributed by atoms with Gasteiger partial charge >= 0.3 is 0 Å². The van der Waals surface area contributed by atoms with Crippen molar-refractivity contribution in [2.75, 3.05) is 12.3 Å². The predicted octanol–water partition coefficient (Wildman–Crippen LogP) is 5.03. The van der Waals surface area contributed by atoms with E-state index in [4.69, 9.17) is 15.2 Å². The van der Waals surface area contributed by atoms with Crippen LogP contribution in [0, 0.1) is 0 Å². The van der Waals surface area contributed by atoms with Gasteiger partial charge in [-0.3, -0.25) is 4.98 Å². The summed E-state index contributed by atoms with van der Waals surface area (Å²) < 4.78 is 12.1. The van der Waals surface area contributed by atoms with E-state index in [1.54, 1.807) is 12.4 Å². The number of benzene rings is 1. The zero-order valence-corrected chi connectivity index (χ0v) is 18.7. The van der Waals surface area contributed by atoms with Gasteiger partial charge in [-0.1, -0.05) is 37.3 Å². The Morgan fingerprint density at radius 2 is 1.79 bits per heavy atom. The number of hydrogen-bond donors (Lipinski definition) is 2. The number of H-pyrrole nitrogens is 1. The molecular formula is C26H24N6O2. The average molecular weight is 453 g/mol. The molecule has 0 aliphatic carbocycles. The number of rotatable bonds is 8. The first-order chi connectivity index (χ1) is 16.7. The Hall–Kier alpha value is -4.46. The van der Waals surface area contributed by atoms with E-state index < -0.39 is 0 Å². The molecule has 1 aromatic carbocycles. The minimum Gasteiger partial charge on any atom is -0.493 e. The van der Waals surface area contributed by atoms with Crippen LogP contribution in [-0.2, 0) is 6.61 Å². The Balaban J connectivity index is 1.40. The largest absolute Gasteiger partial charge is 0.493 e. The molecule has 0 saturated carbocycles. The molecule has 8 heteroatoms. The third-order valence-electron chi connectivity index (χ3n) is 5.30. The van der Waals surface area contributed by atoms with Crippen LogP contribution in [0.1, 0.15) is 18.9 Å². The van der Waals surface area contributed by atoms with Gasteiger partial charge < -0.3 is 20.2 Å². The minimum absolute atomic E-state index is 0.213. The zero-order valence-electron chi connectivity index (χ0n) is 18.7. The highest BCUT2D eigenvalue weighted by Crippen LogP contribution is 2.36. The van der Waals surface area contributed by atoms with Crippen LogP contribution < -0.4 is 15.2 Å². The summed E-state index contributed by atoms with van der Waals surface area (Å²) in [5.74, 6) is 1.37. The van der Waals surface area contributed by atoms with Crippen LogP contribution in [0.15, 0.2) is 73.2 Å². The van der Waals surface area contributed by atoms with Crippen molar-refractivity contribution in [2.24, 2.45) is 0 Å². The zero-order chi connectivity index (χ0) is 23.3. The van der Waals surface area contributed by atoms with Crippen molar-refractivity contribution >= 4 is 17.0 Å². The van der Waals surface area contributed by atoms with Gasteiger partial charge in [-0.2, -0.15) is 4.98 Å². The van der Waals surface area contributed by atoms with E-state index >= 15 is 0 Å². The minimum atomic E-state index is 0.213. The molecule has 34 heavy (non-hydrogen) atoms. The van der Waals surface area contributed by atoms with Crippen molar-refractivity contribution in [3.8, 4) is 34.1 Å². The first-order valence-electron chi connectivity index (χ1n) is 11.1. The van der Waals surface area contributed by atoms with E-state index in [-0.39, 0.29) is 5.95 Å². The molecule has 8 nitrogen and oxygen atoms in total. The number of nitrogens with two attached hydrogens (primary N) is 1. The number of ether oxygens (including phenoxy) is 2. The number of anilines is 1. The first-order valence-corrected chi connectivity index (χ1v) is 11.1. The number of nitrogens with zero attached hydrogens (tertiary/aromatic N) is 4. The van der Waals surface area contributed by atoms with E-state index in [1.165, 1.54) is 0 Å². The van der Waals surface area contributed by atoms with Gasteiger partial charge in [0.25, 0.3) is 0 Å². The molecule has 4 aromatic heterocycles. The summed E-state index contributed by atoms with van der Waals surface area (Å²) >= 11 is 0. The van der Waals surface area contributed by atoms with E-state index in [0.29, 0.717) is 36.2 Å². The molecule has 0 unspecified atom stereocenters. The molecular weight excluding hydrogens is 428 g/mol. The van der Waals surface area contributed by atoms with Gasteiger partial charge in [0.15, 0.2) is 0 Å². The normalized spacial score (nSPS) is 11.0. The van der Waals surface area contributed by atoms with Crippen LogP contribution >= 0.6 is 0 Å². The van der Waals surface area contributed by atoms with E-state index in [1.807, 2.05) is 60.8 Å². The van der Waals surface area contributed by atoms with E-state index in [0.717, 1.165) is 34.2 Å². The highest BCUT2D eigenvalue weighted by Gasteiger charge is 2.17. The maximum absolute atomic E-state index is 6.06. The maximum Gasteiger partial charge on any atom is 0.220 e. The predicted molar refractivity (Wildman–Crippen MR) is 131 cm³/mol. The molecule has 3 N–H and O–H groups in total. The average Bonchev–Trinajstić information content (AvgIpc) is 3.31. The van der Waals surface area contributed by atoms with Gasteiger partial charge in [-0.25, -0.2) is 9.97 Å². The monoisotopic (exact) mass is 452 g/mol. The van der Waals surface area contributed by atoms with Crippen LogP contribution in [0.4, 0.5) is 5.95 Å². The summed E-state index contributed by atoms with van der Waals surface area (Å²) in [6.07, 6.45) is 6.15. The van der Waals surface area contributed by atoms with Gasteiger partial charge in [0, 0.05) is 35.8 Å². The van der Waals surface area contributed by atoms with Crippen LogP contribution in [0.3, 0.4) is 0 Å². The summed E-state index contributed by atoms with van der Waals surface area (Å²) in [5, 5.41) is 0.832. The number of aromatic nitrogens is 5. The lowest BCUT2D eigenvalue weighted by Gasteiger charge is -2.11. The summed E-state index contributed by atoms with van der Waals surface area (Å²) in [7, 11) is 0. The summed E-state index contributed by atoms with van der Waals surface area (Å²) in [6, 6.07) is 17.6. The molecule has 0 amide bonds. The molecule has 4 heterocycles. The number of nitrogen functional groups attached to an aromatic ring is 1. The Labute approximate surface area is 196 Å². The lowest BCUT2D eigenvalue weighted by atomic mass is 10.1. The Morgan fingerprint density at radius 1 is 0.912 bits per heavy atom. The first kappa shape index (κ1) is 21.4. The number of hydrogen-bond acceptors (Lipinski definition) is 7. The molecule has 5 aromatic rings.